The highest BCUT2D eigenvalue weighted by molar-refractivity contribution is 5.78. The Balaban J connectivity index is 1.88. The van der Waals surface area contributed by atoms with Gasteiger partial charge in [0.1, 0.15) is 0 Å². The summed E-state index contributed by atoms with van der Waals surface area (Å²) >= 11 is 0. The monoisotopic (exact) mass is 265 g/mol. The molecule has 0 radical (unpaired) electrons. The molecule has 2 rings (SSSR count). The van der Waals surface area contributed by atoms with Gasteiger partial charge in [0.2, 0.25) is 5.91 Å². The number of nitrogens with zero attached hydrogens (tertiary/aromatic N) is 2. The first kappa shape index (κ1) is 14.5. The summed E-state index contributed by atoms with van der Waals surface area (Å²) in [5.74, 6) is 0.286. The predicted molar refractivity (Wildman–Crippen MR) is 78.1 cm³/mol. The molecule has 4 heteroatoms. The second kappa shape index (κ2) is 7.65. The number of hydrogen-bond acceptors (Lipinski definition) is 3. The minimum absolute atomic E-state index is 0.286. The van der Waals surface area contributed by atoms with Crippen molar-refractivity contribution in [2.75, 3.05) is 39.3 Å². The fourth-order valence-corrected chi connectivity index (χ4v) is 3.15. The molecule has 0 bridgehead atoms. The van der Waals surface area contributed by atoms with Crippen molar-refractivity contribution in [2.24, 2.45) is 0 Å². The van der Waals surface area contributed by atoms with Crippen LogP contribution in [0.5, 0.6) is 0 Å². The molecule has 1 heterocycles. The van der Waals surface area contributed by atoms with Crippen molar-refractivity contribution in [3.63, 3.8) is 0 Å². The average molecular weight is 265 g/mol. The van der Waals surface area contributed by atoms with E-state index in [1.54, 1.807) is 0 Å². The molecule has 1 aliphatic heterocycles. The molecule has 0 aromatic heterocycles. The maximum atomic E-state index is 12.5. The second-order valence-electron chi connectivity index (χ2n) is 5.65. The third-order valence-corrected chi connectivity index (χ3v) is 4.20. The van der Waals surface area contributed by atoms with Crippen LogP contribution in [0.25, 0.3) is 0 Å². The van der Waals surface area contributed by atoms with E-state index in [-0.39, 0.29) is 5.91 Å². The van der Waals surface area contributed by atoms with Crippen LogP contribution in [-0.4, -0.2) is 61.0 Å². The maximum Gasteiger partial charge on any atom is 0.237 e. The highest BCUT2D eigenvalue weighted by Crippen LogP contribution is 2.23. The standard InChI is InChI=1S/C15H27N3O/c1-2-10-18(14-6-3-4-7-14)15(19)13-17-11-5-8-16-9-12-17/h2,14,16H,1,3-13H2. The van der Waals surface area contributed by atoms with Crippen molar-refractivity contribution in [1.82, 2.24) is 15.1 Å². The van der Waals surface area contributed by atoms with Gasteiger partial charge in [-0.25, -0.2) is 0 Å². The van der Waals surface area contributed by atoms with Gasteiger partial charge in [-0.1, -0.05) is 18.9 Å². The summed E-state index contributed by atoms with van der Waals surface area (Å²) in [5, 5.41) is 3.38. The molecule has 0 unspecified atom stereocenters. The molecule has 4 nitrogen and oxygen atoms in total. The lowest BCUT2D eigenvalue weighted by molar-refractivity contribution is -0.134. The molecule has 0 spiro atoms. The molecular weight excluding hydrogens is 238 g/mol. The minimum Gasteiger partial charge on any atom is -0.335 e. The van der Waals surface area contributed by atoms with Gasteiger partial charge in [0, 0.05) is 25.7 Å². The first-order valence-electron chi connectivity index (χ1n) is 7.64. The normalized spacial score (nSPS) is 22.1. The molecule has 1 saturated carbocycles. The van der Waals surface area contributed by atoms with Gasteiger partial charge < -0.3 is 10.2 Å². The van der Waals surface area contributed by atoms with E-state index in [4.69, 9.17) is 0 Å². The summed E-state index contributed by atoms with van der Waals surface area (Å²) in [6, 6.07) is 0.454. The van der Waals surface area contributed by atoms with E-state index in [1.807, 2.05) is 6.08 Å². The van der Waals surface area contributed by atoms with Gasteiger partial charge in [0.25, 0.3) is 0 Å². The van der Waals surface area contributed by atoms with Gasteiger partial charge in [0.05, 0.1) is 6.54 Å². The van der Waals surface area contributed by atoms with Crippen LogP contribution in [0, 0.1) is 0 Å². The van der Waals surface area contributed by atoms with Gasteiger partial charge in [-0.15, -0.1) is 6.58 Å². The second-order valence-corrected chi connectivity index (χ2v) is 5.65. The van der Waals surface area contributed by atoms with E-state index in [9.17, 15) is 4.79 Å². The summed E-state index contributed by atoms with van der Waals surface area (Å²) < 4.78 is 0. The molecule has 1 saturated heterocycles. The molecule has 2 fully saturated rings. The SMILES string of the molecule is C=CCN(C(=O)CN1CCCNCC1)C1CCCC1. The number of nitrogens with one attached hydrogen (secondary N) is 1. The van der Waals surface area contributed by atoms with E-state index in [0.29, 0.717) is 19.1 Å². The van der Waals surface area contributed by atoms with Crippen LogP contribution < -0.4 is 5.32 Å². The zero-order valence-electron chi connectivity index (χ0n) is 11.9. The number of hydrogen-bond donors (Lipinski definition) is 1. The highest BCUT2D eigenvalue weighted by Gasteiger charge is 2.26. The van der Waals surface area contributed by atoms with Crippen LogP contribution in [0.1, 0.15) is 32.1 Å². The lowest BCUT2D eigenvalue weighted by atomic mass is 10.2. The van der Waals surface area contributed by atoms with Crippen molar-refractivity contribution < 1.29 is 4.79 Å². The molecule has 1 N–H and O–H groups in total. The molecule has 108 valence electrons. The van der Waals surface area contributed by atoms with Gasteiger partial charge in [0.15, 0.2) is 0 Å². The van der Waals surface area contributed by atoms with Crippen LogP contribution in [0.15, 0.2) is 12.7 Å². The first-order valence-corrected chi connectivity index (χ1v) is 7.64. The number of rotatable bonds is 5. The van der Waals surface area contributed by atoms with Gasteiger partial charge in [-0.05, 0) is 32.4 Å². The zero-order valence-corrected chi connectivity index (χ0v) is 11.9. The van der Waals surface area contributed by atoms with Crippen LogP contribution in [0.3, 0.4) is 0 Å². The van der Waals surface area contributed by atoms with E-state index in [2.05, 4.69) is 21.7 Å². The molecular formula is C15H27N3O. The summed E-state index contributed by atoms with van der Waals surface area (Å²) in [6.45, 7) is 9.17. The van der Waals surface area contributed by atoms with Crippen LogP contribution in [0.2, 0.25) is 0 Å². The van der Waals surface area contributed by atoms with Crippen LogP contribution in [-0.2, 0) is 4.79 Å². The van der Waals surface area contributed by atoms with Gasteiger partial charge in [-0.3, -0.25) is 9.69 Å². The third kappa shape index (κ3) is 4.32. The van der Waals surface area contributed by atoms with E-state index in [1.165, 1.54) is 25.7 Å². The molecule has 1 amide bonds. The van der Waals surface area contributed by atoms with E-state index < -0.39 is 0 Å². The molecule has 0 aromatic rings. The Kier molecular flexibility index (Phi) is 5.86. The van der Waals surface area contributed by atoms with Crippen molar-refractivity contribution in [3.05, 3.63) is 12.7 Å². The fraction of sp³-hybridized carbons (Fsp3) is 0.800. The minimum atomic E-state index is 0.286. The smallest absolute Gasteiger partial charge is 0.237 e. The fourth-order valence-electron chi connectivity index (χ4n) is 3.15. The summed E-state index contributed by atoms with van der Waals surface area (Å²) in [7, 11) is 0. The number of carbonyl (C=O) groups excluding carboxylic acids is 1. The van der Waals surface area contributed by atoms with Crippen molar-refractivity contribution >= 4 is 5.91 Å². The Morgan fingerprint density at radius 3 is 2.79 bits per heavy atom. The Bertz CT molecular complexity index is 292. The lowest BCUT2D eigenvalue weighted by Gasteiger charge is -2.30. The largest absolute Gasteiger partial charge is 0.335 e. The Labute approximate surface area is 116 Å². The molecule has 0 aromatic carbocycles. The van der Waals surface area contributed by atoms with Crippen LogP contribution in [0.4, 0.5) is 0 Å². The summed E-state index contributed by atoms with van der Waals surface area (Å²) in [6.07, 6.45) is 7.86. The Morgan fingerprint density at radius 1 is 1.26 bits per heavy atom. The van der Waals surface area contributed by atoms with Gasteiger partial charge >= 0.3 is 0 Å². The quantitative estimate of drug-likeness (QED) is 0.760. The maximum absolute atomic E-state index is 12.5. The predicted octanol–water partition coefficient (Wildman–Crippen LogP) is 1.24. The van der Waals surface area contributed by atoms with E-state index in [0.717, 1.165) is 32.6 Å². The summed E-state index contributed by atoms with van der Waals surface area (Å²) in [4.78, 5) is 16.9. The van der Waals surface area contributed by atoms with Crippen molar-refractivity contribution in [3.8, 4) is 0 Å². The van der Waals surface area contributed by atoms with Crippen molar-refractivity contribution in [2.45, 2.75) is 38.1 Å². The number of amides is 1. The lowest BCUT2D eigenvalue weighted by Crippen LogP contribution is -2.45. The molecule has 1 aliphatic carbocycles. The van der Waals surface area contributed by atoms with E-state index >= 15 is 0 Å². The Morgan fingerprint density at radius 2 is 2.05 bits per heavy atom. The van der Waals surface area contributed by atoms with Gasteiger partial charge in [-0.2, -0.15) is 0 Å². The van der Waals surface area contributed by atoms with Crippen LogP contribution >= 0.6 is 0 Å². The number of carbonyl (C=O) groups is 1. The first-order chi connectivity index (χ1) is 9.31. The topological polar surface area (TPSA) is 35.6 Å². The van der Waals surface area contributed by atoms with Crippen molar-refractivity contribution in [1.29, 1.82) is 0 Å². The molecule has 2 aliphatic rings. The zero-order chi connectivity index (χ0) is 13.5. The summed E-state index contributed by atoms with van der Waals surface area (Å²) in [5.41, 5.74) is 0. The molecule has 0 atom stereocenters. The highest BCUT2D eigenvalue weighted by atomic mass is 16.2. The molecule has 19 heavy (non-hydrogen) atoms. The average Bonchev–Trinajstić information content (AvgIpc) is 2.81. The third-order valence-electron chi connectivity index (χ3n) is 4.20. The Hall–Kier alpha value is -0.870.